The van der Waals surface area contributed by atoms with E-state index < -0.39 is 12.3 Å². The maximum Gasteiger partial charge on any atom is 0.261 e. The number of carbonyl (C=O) groups excluding carboxylic acids is 4. The lowest BCUT2D eigenvalue weighted by atomic mass is 9.13. The van der Waals surface area contributed by atoms with E-state index in [1.807, 2.05) is 28.2 Å². The normalized spacial score (nSPS) is 14.0. The number of rotatable bonds is 8. The molecule has 0 atom stereocenters. The third kappa shape index (κ3) is 20.5. The zero-order valence-electron chi connectivity index (χ0n) is 55.3. The van der Waals surface area contributed by atoms with Gasteiger partial charge in [-0.05, 0) is 24.3 Å². The van der Waals surface area contributed by atoms with Gasteiger partial charge in [0.2, 0.25) is 0 Å². The predicted octanol–water partition coefficient (Wildman–Crippen LogP) is 5.16. The fourth-order valence-corrected chi connectivity index (χ4v) is 13.5. The third-order valence-electron chi connectivity index (χ3n) is 16.5. The first kappa shape index (κ1) is 75.6. The molecule has 18 heteroatoms. The highest BCUT2D eigenvalue weighted by Gasteiger charge is 2.33. The van der Waals surface area contributed by atoms with Gasteiger partial charge in [-0.1, -0.05) is 243 Å². The lowest BCUT2D eigenvalue weighted by Crippen LogP contribution is -2.74. The van der Waals surface area contributed by atoms with Crippen molar-refractivity contribution in [3.05, 3.63) is 286 Å². The molecule has 2 aromatic heterocycles. The van der Waals surface area contributed by atoms with E-state index in [0.717, 1.165) is 28.4 Å². The van der Waals surface area contributed by atoms with E-state index in [2.05, 4.69) is 264 Å². The summed E-state index contributed by atoms with van der Waals surface area (Å²) in [6, 6.07) is 93.7. The van der Waals surface area contributed by atoms with Crippen molar-refractivity contribution in [2.24, 2.45) is 0 Å². The molecule has 4 bridgehead atoms. The van der Waals surface area contributed by atoms with Gasteiger partial charge in [0.05, 0.1) is 100 Å². The number of aliphatic hydroxyl groups excluding tert-OH is 4. The van der Waals surface area contributed by atoms with Gasteiger partial charge in [-0.25, -0.2) is 0 Å². The summed E-state index contributed by atoms with van der Waals surface area (Å²) in [7, 11) is 12.1. The topological polar surface area (TPSA) is 197 Å². The SMILES string of the molecule is CO.CO.CO.CO.C[N+]1(C)CCNC(=O)c2ccc(s2)C(=O)NCC[N+](C)(C)CCNC(=O)c2ccc(s2)C(=O)NCC1.c1ccc([B-](c2ccccc2)(c2ccccc2)c2ccccc2)cc1.c1ccc([B-](c2ccccc2)(c2ccccc2)c2ccccc2)cc1. The number of nitrogens with zero attached hydrogens (tertiary/aromatic N) is 2. The van der Waals surface area contributed by atoms with E-state index in [9.17, 15) is 19.2 Å². The monoisotopic (exact) mass is 1300 g/mol. The van der Waals surface area contributed by atoms with E-state index in [4.69, 9.17) is 20.4 Å². The number of carbonyl (C=O) groups is 4. The molecule has 4 amide bonds. The Bertz CT molecular complexity index is 3110. The summed E-state index contributed by atoms with van der Waals surface area (Å²) in [4.78, 5) is 52.2. The van der Waals surface area contributed by atoms with Crippen molar-refractivity contribution < 1.29 is 48.6 Å². The number of aliphatic hydroxyl groups is 4. The molecule has 0 saturated carbocycles. The summed E-state index contributed by atoms with van der Waals surface area (Å²) in [5, 5.41) is 39.7. The second kappa shape index (κ2) is 39.5. The summed E-state index contributed by atoms with van der Waals surface area (Å²) in [6.07, 6.45) is -2.43. The number of hydrogen-bond donors (Lipinski definition) is 8. The molecular weight excluding hydrogens is 1210 g/mol. The highest BCUT2D eigenvalue weighted by Crippen LogP contribution is 2.19. The molecule has 0 fully saturated rings. The maximum atomic E-state index is 12.5. The first-order valence-electron chi connectivity index (χ1n) is 31.3. The van der Waals surface area contributed by atoms with Crippen LogP contribution in [-0.4, -0.2) is 174 Å². The van der Waals surface area contributed by atoms with E-state index in [0.29, 0.717) is 80.8 Å². The number of quaternary nitrogens is 2. The van der Waals surface area contributed by atoms with Crippen LogP contribution in [0.15, 0.2) is 267 Å². The molecular formula is C76H92B2N6O8S2. The average Bonchev–Trinajstić information content (AvgIpc) is 0.880. The number of nitrogens with one attached hydrogen (secondary N) is 4. The number of likely N-dealkylation sites (N-methyl/N-ethyl adjacent to an activating group) is 2. The zero-order valence-corrected chi connectivity index (χ0v) is 57.0. The lowest BCUT2D eigenvalue weighted by molar-refractivity contribution is -0.887. The van der Waals surface area contributed by atoms with Gasteiger partial charge in [0.25, 0.3) is 23.6 Å². The van der Waals surface area contributed by atoms with Crippen LogP contribution in [0.3, 0.4) is 0 Å². The molecule has 0 saturated heterocycles. The summed E-state index contributed by atoms with van der Waals surface area (Å²) in [6.45, 7) is 4.58. The molecule has 492 valence electrons. The van der Waals surface area contributed by atoms with Crippen molar-refractivity contribution in [1.82, 2.24) is 21.3 Å². The third-order valence-corrected chi connectivity index (χ3v) is 18.7. The van der Waals surface area contributed by atoms with Gasteiger partial charge in [0, 0.05) is 28.4 Å². The van der Waals surface area contributed by atoms with E-state index in [-0.39, 0.29) is 23.6 Å². The molecule has 1 aliphatic heterocycles. The molecule has 8 N–H and O–H groups in total. The smallest absolute Gasteiger partial charge is 0.261 e. The van der Waals surface area contributed by atoms with Gasteiger partial charge in [-0.2, -0.15) is 43.7 Å². The fourth-order valence-electron chi connectivity index (χ4n) is 11.9. The first-order chi connectivity index (χ1) is 45.8. The Morgan fingerprint density at radius 2 is 0.394 bits per heavy atom. The molecule has 0 spiro atoms. The number of thiophene rings is 2. The second-order valence-electron chi connectivity index (χ2n) is 23.1. The summed E-state index contributed by atoms with van der Waals surface area (Å²) in [5.74, 6) is -0.796. The summed E-state index contributed by atoms with van der Waals surface area (Å²) in [5.41, 5.74) is 10.7. The number of hydrogen-bond acceptors (Lipinski definition) is 10. The van der Waals surface area contributed by atoms with Gasteiger partial charge in [-0.15, -0.1) is 22.7 Å². The highest BCUT2D eigenvalue weighted by molar-refractivity contribution is 7.20. The molecule has 14 nitrogen and oxygen atoms in total. The van der Waals surface area contributed by atoms with Crippen molar-refractivity contribution in [3.8, 4) is 0 Å². The van der Waals surface area contributed by atoms with Crippen LogP contribution in [0.1, 0.15) is 38.7 Å². The minimum absolute atomic E-state index is 0.199. The van der Waals surface area contributed by atoms with Gasteiger partial charge < -0.3 is 50.7 Å². The fraction of sp³-hybridized carbons (Fsp3) is 0.211. The van der Waals surface area contributed by atoms with Crippen LogP contribution in [0, 0.1) is 0 Å². The maximum absolute atomic E-state index is 12.5. The Morgan fingerprint density at radius 1 is 0.255 bits per heavy atom. The molecule has 0 radical (unpaired) electrons. The van der Waals surface area contributed by atoms with Crippen molar-refractivity contribution in [1.29, 1.82) is 0 Å². The van der Waals surface area contributed by atoms with Crippen LogP contribution in [0.4, 0.5) is 0 Å². The van der Waals surface area contributed by atoms with Crippen LogP contribution in [0.25, 0.3) is 0 Å². The summed E-state index contributed by atoms with van der Waals surface area (Å²) >= 11 is 2.35. The Morgan fingerprint density at radius 3 is 0.532 bits per heavy atom. The molecule has 11 rings (SSSR count). The quantitative estimate of drug-likeness (QED) is 0.0755. The van der Waals surface area contributed by atoms with Gasteiger partial charge in [0.1, 0.15) is 12.3 Å². The van der Waals surface area contributed by atoms with Crippen LogP contribution < -0.4 is 65.0 Å². The van der Waals surface area contributed by atoms with Gasteiger partial charge in [-0.3, -0.25) is 19.2 Å². The van der Waals surface area contributed by atoms with Crippen molar-refractivity contribution >= 4 is 102 Å². The van der Waals surface area contributed by atoms with Crippen LogP contribution in [0.2, 0.25) is 0 Å². The van der Waals surface area contributed by atoms with Gasteiger partial charge >= 0.3 is 0 Å². The first-order valence-corrected chi connectivity index (χ1v) is 32.9. The second-order valence-corrected chi connectivity index (χ2v) is 25.3. The zero-order chi connectivity index (χ0) is 68.2. The lowest BCUT2D eigenvalue weighted by Gasteiger charge is -2.44. The van der Waals surface area contributed by atoms with E-state index in [1.54, 1.807) is 24.3 Å². The van der Waals surface area contributed by atoms with E-state index >= 15 is 0 Å². The Balaban J connectivity index is 0.000000247. The number of benzene rings is 8. The Labute approximate surface area is 564 Å². The largest absolute Gasteiger partial charge is 0.400 e. The Hall–Kier alpha value is -9.07. The number of amides is 4. The van der Waals surface area contributed by atoms with Crippen LogP contribution >= 0.6 is 22.7 Å². The molecule has 1 aliphatic rings. The molecule has 94 heavy (non-hydrogen) atoms. The minimum Gasteiger partial charge on any atom is -0.400 e. The van der Waals surface area contributed by atoms with Crippen LogP contribution in [0.5, 0.6) is 0 Å². The number of fused-ring (bicyclic) bond motifs is 4. The standard InChI is InChI=1S/2C24H20B.C24H34N6O4S2.4CH4O/c2*1-5-13-21(14-6-1)25(22-15-7-2-8-16-22,23-17-9-3-10-18-23)24-19-11-4-12-20-24;1-29(2)13-9-25-21(31)17-5-7-19(35-17)23(33)27-11-15-30(3,4)16-12-28-24(34)20-8-6-18(36-20)22(32)26-10-14-29;4*1-2/h2*1-20H;5-8H,9-16H2,1-4H3,(H2-2,25,26,27,28,31,32,33,34);4*2H,1H3/q2*-1;;;;;/p+2. The van der Waals surface area contributed by atoms with Crippen molar-refractivity contribution in [2.75, 3.05) is 109 Å². The molecule has 0 unspecified atom stereocenters. The molecule has 8 aromatic carbocycles. The molecule has 10 aromatic rings. The molecule has 3 heterocycles. The average molecular weight is 1300 g/mol. The predicted molar refractivity (Wildman–Crippen MR) is 394 cm³/mol. The Kier molecular flexibility index (Phi) is 31.8. The van der Waals surface area contributed by atoms with E-state index in [1.165, 1.54) is 66.4 Å². The van der Waals surface area contributed by atoms with Crippen molar-refractivity contribution in [3.63, 3.8) is 0 Å². The highest BCUT2D eigenvalue weighted by atomic mass is 32.1. The summed E-state index contributed by atoms with van der Waals surface area (Å²) < 4.78 is 1.21. The van der Waals surface area contributed by atoms with Crippen LogP contribution in [-0.2, 0) is 0 Å². The minimum atomic E-state index is -1.22. The van der Waals surface area contributed by atoms with Gasteiger partial charge in [0.15, 0.2) is 0 Å². The van der Waals surface area contributed by atoms with Crippen molar-refractivity contribution in [2.45, 2.75) is 0 Å². The molecule has 0 aliphatic carbocycles.